The fourth-order valence-corrected chi connectivity index (χ4v) is 11.7. The maximum absolute atomic E-state index is 5.51. The third-order valence-corrected chi connectivity index (χ3v) is 11.7. The van der Waals surface area contributed by atoms with E-state index in [-0.39, 0.29) is 0 Å². The Kier molecular flexibility index (Phi) is 3.62. The molecule has 91 valence electrons. The van der Waals surface area contributed by atoms with Crippen LogP contribution in [0.4, 0.5) is 0 Å². The van der Waals surface area contributed by atoms with Gasteiger partial charge in [0, 0.05) is 17.6 Å². The van der Waals surface area contributed by atoms with Crippen molar-refractivity contribution in [3.63, 3.8) is 0 Å². The molecule has 1 aliphatic heterocycles. The molecule has 4 atom stereocenters. The fraction of sp³-hybridized carbons (Fsp3) is 1.00. The van der Waals surface area contributed by atoms with E-state index in [4.69, 9.17) is 4.43 Å². The minimum Gasteiger partial charge on any atom is -0.420 e. The van der Waals surface area contributed by atoms with Gasteiger partial charge in [0.15, 0.2) is 0 Å². The Balaban J connectivity index is 1.68. The smallest absolute Gasteiger partial charge is 0.207 e. The zero-order chi connectivity index (χ0) is 11.2. The molecule has 1 radical (unpaired) electrons. The van der Waals surface area contributed by atoms with Crippen LogP contribution < -0.4 is 0 Å². The van der Waals surface area contributed by atoms with Crippen LogP contribution in [-0.2, 0) is 4.43 Å². The van der Waals surface area contributed by atoms with Crippen molar-refractivity contribution >= 4 is 40.5 Å². The van der Waals surface area contributed by atoms with E-state index in [1.165, 1.54) is 31.7 Å². The molecule has 0 aromatic heterocycles. The van der Waals surface area contributed by atoms with E-state index in [9.17, 15) is 0 Å². The summed E-state index contributed by atoms with van der Waals surface area (Å²) in [7, 11) is 7.81. The van der Waals surface area contributed by atoms with Crippen LogP contribution in [0.2, 0.25) is 12.6 Å². The van der Waals surface area contributed by atoms with Crippen LogP contribution in [-0.4, -0.2) is 26.6 Å². The van der Waals surface area contributed by atoms with E-state index < -0.39 is 9.04 Å². The van der Waals surface area contributed by atoms with Crippen molar-refractivity contribution in [1.29, 1.82) is 0 Å². The molecule has 0 spiro atoms. The largest absolute Gasteiger partial charge is 0.420 e. The quantitative estimate of drug-likeness (QED) is 0.566. The molecule has 0 amide bonds. The molecule has 2 bridgehead atoms. The Hall–Kier alpha value is 1.23. The van der Waals surface area contributed by atoms with Gasteiger partial charge in [-0.1, -0.05) is 21.6 Å². The van der Waals surface area contributed by atoms with Crippen molar-refractivity contribution in [3.05, 3.63) is 0 Å². The van der Waals surface area contributed by atoms with Crippen molar-refractivity contribution < 1.29 is 4.43 Å². The maximum atomic E-state index is 5.51. The van der Waals surface area contributed by atoms with Gasteiger partial charge in [-0.15, -0.1) is 0 Å². The number of fused-ring (bicyclic) bond motifs is 5. The van der Waals surface area contributed by atoms with Crippen LogP contribution in [0.5, 0.6) is 0 Å². The van der Waals surface area contributed by atoms with Gasteiger partial charge in [0.05, 0.1) is 0 Å². The van der Waals surface area contributed by atoms with Gasteiger partial charge in [-0.3, -0.25) is 0 Å². The number of rotatable bonds is 4. The second-order valence-corrected chi connectivity index (χ2v) is 12.1. The molecule has 5 heteroatoms. The summed E-state index contributed by atoms with van der Waals surface area (Å²) in [6.07, 6.45) is 5.99. The maximum Gasteiger partial charge on any atom is 0.207 e. The molecule has 3 aliphatic rings. The van der Waals surface area contributed by atoms with Gasteiger partial charge in [-0.25, -0.2) is 0 Å². The van der Waals surface area contributed by atoms with Crippen LogP contribution in [0.3, 0.4) is 0 Å². The average molecular weight is 292 g/mol. The number of hydrogen-bond donors (Lipinski definition) is 0. The predicted octanol–water partition coefficient (Wildman–Crippen LogP) is 4.22. The second kappa shape index (κ2) is 4.72. The van der Waals surface area contributed by atoms with Crippen molar-refractivity contribution in [2.45, 2.75) is 48.8 Å². The van der Waals surface area contributed by atoms with Crippen LogP contribution in [0.15, 0.2) is 0 Å². The van der Waals surface area contributed by atoms with Crippen LogP contribution in [0.25, 0.3) is 0 Å². The third-order valence-electron chi connectivity index (χ3n) is 4.67. The first kappa shape index (κ1) is 12.3. The Morgan fingerprint density at radius 1 is 1.44 bits per heavy atom. The summed E-state index contributed by atoms with van der Waals surface area (Å²) in [6, 6.07) is 1.35. The zero-order valence-corrected chi connectivity index (χ0v) is 13.4. The molecule has 4 unspecified atom stereocenters. The van der Waals surface area contributed by atoms with Gasteiger partial charge in [-0.05, 0) is 59.4 Å². The summed E-state index contributed by atoms with van der Waals surface area (Å²) >= 11 is 0. The van der Waals surface area contributed by atoms with Crippen LogP contribution in [0, 0.1) is 11.3 Å². The van der Waals surface area contributed by atoms with Gasteiger partial charge < -0.3 is 4.43 Å². The molecule has 2 saturated carbocycles. The van der Waals surface area contributed by atoms with Crippen LogP contribution in [0.1, 0.15) is 25.7 Å². The van der Waals surface area contributed by atoms with E-state index >= 15 is 0 Å². The van der Waals surface area contributed by atoms with Gasteiger partial charge in [0.2, 0.25) is 9.04 Å². The SMILES string of the molecule is CO[Si](C)CCC12CCC(C1)C1SSSC12. The molecule has 0 aromatic rings. The summed E-state index contributed by atoms with van der Waals surface area (Å²) in [4.78, 5) is 0. The lowest BCUT2D eigenvalue weighted by molar-refractivity contribution is 0.292. The first-order valence-corrected chi connectivity index (χ1v) is 11.8. The van der Waals surface area contributed by atoms with Gasteiger partial charge >= 0.3 is 0 Å². The van der Waals surface area contributed by atoms with E-state index in [2.05, 4.69) is 38.0 Å². The lowest BCUT2D eigenvalue weighted by atomic mass is 9.81. The normalized spacial score (nSPS) is 45.6. The Labute approximate surface area is 112 Å². The molecule has 3 rings (SSSR count). The molecule has 1 saturated heterocycles. The fourth-order valence-electron chi connectivity index (χ4n) is 3.63. The standard InChI is InChI=1S/C11H19OS3Si/c1-12-16(2)6-5-11-4-3-8(7-11)9-10(11)14-15-13-9/h8-10H,3-7H2,1-2H3. The highest BCUT2D eigenvalue weighted by Gasteiger charge is 2.60. The van der Waals surface area contributed by atoms with Crippen molar-refractivity contribution in [2.75, 3.05) is 7.11 Å². The van der Waals surface area contributed by atoms with Crippen molar-refractivity contribution in [3.8, 4) is 0 Å². The van der Waals surface area contributed by atoms with Crippen LogP contribution >= 0.6 is 31.4 Å². The highest BCUT2D eigenvalue weighted by atomic mass is 33.5. The monoisotopic (exact) mass is 291 g/mol. The van der Waals surface area contributed by atoms with E-state index in [1.807, 2.05) is 7.11 Å². The van der Waals surface area contributed by atoms with Crippen molar-refractivity contribution in [1.82, 2.24) is 0 Å². The van der Waals surface area contributed by atoms with Gasteiger partial charge in [-0.2, -0.15) is 0 Å². The highest BCUT2D eigenvalue weighted by molar-refractivity contribution is 9.11. The molecular formula is C11H19OS3Si. The Morgan fingerprint density at radius 3 is 3.12 bits per heavy atom. The molecule has 1 heterocycles. The number of hydrogen-bond acceptors (Lipinski definition) is 4. The lowest BCUT2D eigenvalue weighted by Gasteiger charge is -2.34. The topological polar surface area (TPSA) is 9.23 Å². The summed E-state index contributed by atoms with van der Waals surface area (Å²) in [5.74, 6) is 1.05. The molecule has 0 N–H and O–H groups in total. The molecule has 1 nitrogen and oxygen atoms in total. The molecule has 2 aliphatic carbocycles. The minimum absolute atomic E-state index is 0.496. The predicted molar refractivity (Wildman–Crippen MR) is 78.2 cm³/mol. The van der Waals surface area contributed by atoms with Crippen molar-refractivity contribution in [2.24, 2.45) is 11.3 Å². The average Bonchev–Trinajstić information content (AvgIpc) is 2.97. The lowest BCUT2D eigenvalue weighted by Crippen LogP contribution is -2.33. The minimum atomic E-state index is -0.496. The zero-order valence-electron chi connectivity index (χ0n) is 9.90. The first-order chi connectivity index (χ1) is 7.75. The molecular weight excluding hydrogens is 272 g/mol. The third kappa shape index (κ3) is 1.90. The van der Waals surface area contributed by atoms with E-state index in [0.29, 0.717) is 5.41 Å². The van der Waals surface area contributed by atoms with E-state index in [0.717, 1.165) is 16.4 Å². The first-order valence-electron chi connectivity index (χ1n) is 6.10. The summed E-state index contributed by atoms with van der Waals surface area (Å²) < 4.78 is 5.51. The Bertz CT molecular complexity index is 278. The molecule has 3 fully saturated rings. The highest BCUT2D eigenvalue weighted by Crippen LogP contribution is 2.71. The van der Waals surface area contributed by atoms with Gasteiger partial charge in [0.25, 0.3) is 0 Å². The summed E-state index contributed by atoms with van der Waals surface area (Å²) in [5, 5.41) is 1.95. The van der Waals surface area contributed by atoms with E-state index in [1.54, 1.807) is 0 Å². The summed E-state index contributed by atoms with van der Waals surface area (Å²) in [5.41, 5.74) is 0.709. The van der Waals surface area contributed by atoms with Gasteiger partial charge in [0.1, 0.15) is 0 Å². The summed E-state index contributed by atoms with van der Waals surface area (Å²) in [6.45, 7) is 2.31. The molecule has 16 heavy (non-hydrogen) atoms. The molecule has 0 aromatic carbocycles. The Morgan fingerprint density at radius 2 is 2.31 bits per heavy atom. The second-order valence-electron chi connectivity index (χ2n) is 5.42.